The highest BCUT2D eigenvalue weighted by atomic mass is 35.5. The van der Waals surface area contributed by atoms with Crippen LogP contribution < -0.4 is 19.9 Å². The summed E-state index contributed by atoms with van der Waals surface area (Å²) >= 11 is 6.78. The Kier molecular flexibility index (Phi) is 14.3. The molecule has 2 amide bonds. The lowest BCUT2D eigenvalue weighted by Gasteiger charge is -2.42. The number of likely N-dealkylation sites (tertiary alicyclic amines) is 1. The third-order valence-corrected chi connectivity index (χ3v) is 13.1. The van der Waals surface area contributed by atoms with Crippen molar-refractivity contribution in [3.05, 3.63) is 52.7 Å². The van der Waals surface area contributed by atoms with E-state index in [1.54, 1.807) is 4.90 Å². The fraction of sp³-hybridized carbons (Fsp3) is 0.605. The van der Waals surface area contributed by atoms with E-state index >= 15 is 0 Å². The third-order valence-electron chi connectivity index (χ3n) is 11.1. The van der Waals surface area contributed by atoms with Crippen molar-refractivity contribution in [1.82, 2.24) is 25.1 Å². The molecule has 4 heterocycles. The monoisotopic (exact) mass is 832 g/mol. The number of carbonyl (C=O) groups excluding carboxylic acids is 2. The molecule has 315 valence electrons. The number of fused-ring (bicyclic) bond motifs is 2. The second-order valence-corrected chi connectivity index (χ2v) is 23.9. The SMILES string of the molecule is CC(C)(C)OC(=O)N1CCN(c2nc(OC[C@@H]3CCCN3CCCCNC(=O)OCC[Si-](C)(C)C)nc3c2CCN(c2cccc4cccc(Cl)c24)C3)C[C@@H]1CC#N. The largest absolute Gasteiger partial charge is 0.462 e. The first-order valence-corrected chi connectivity index (χ1v) is 25.0. The number of hydrogen-bond donors (Lipinski definition) is 1. The highest BCUT2D eigenvalue weighted by Gasteiger charge is 2.36. The van der Waals surface area contributed by atoms with Gasteiger partial charge in [-0.05, 0) is 83.5 Å². The molecule has 6 rings (SSSR count). The number of amides is 2. The zero-order valence-corrected chi connectivity index (χ0v) is 36.9. The van der Waals surface area contributed by atoms with Gasteiger partial charge < -0.3 is 34.2 Å². The lowest BCUT2D eigenvalue weighted by molar-refractivity contribution is 0.0144. The van der Waals surface area contributed by atoms with E-state index in [0.29, 0.717) is 63.4 Å². The van der Waals surface area contributed by atoms with E-state index in [1.807, 2.05) is 32.9 Å². The van der Waals surface area contributed by atoms with Crippen molar-refractivity contribution in [1.29, 1.82) is 5.26 Å². The summed E-state index contributed by atoms with van der Waals surface area (Å²) in [5.41, 5.74) is 2.38. The van der Waals surface area contributed by atoms with Crippen molar-refractivity contribution in [2.24, 2.45) is 0 Å². The molecule has 3 aliphatic rings. The molecule has 2 atom stereocenters. The van der Waals surface area contributed by atoms with E-state index in [0.717, 1.165) is 84.9 Å². The van der Waals surface area contributed by atoms with Gasteiger partial charge in [0.2, 0.25) is 0 Å². The van der Waals surface area contributed by atoms with E-state index in [-0.39, 0.29) is 24.6 Å². The van der Waals surface area contributed by atoms with Crippen LogP contribution in [0.1, 0.15) is 64.1 Å². The number of aromatic nitrogens is 2. The molecule has 15 heteroatoms. The maximum atomic E-state index is 13.2. The summed E-state index contributed by atoms with van der Waals surface area (Å²) in [6.07, 6.45) is 4.10. The normalized spacial score (nSPS) is 18.8. The summed E-state index contributed by atoms with van der Waals surface area (Å²) in [4.78, 5) is 44.2. The van der Waals surface area contributed by atoms with E-state index in [4.69, 9.17) is 35.8 Å². The van der Waals surface area contributed by atoms with Crippen LogP contribution in [0.4, 0.5) is 21.1 Å². The predicted octanol–water partition coefficient (Wildman–Crippen LogP) is 7.87. The molecule has 1 N–H and O–H groups in total. The van der Waals surface area contributed by atoms with Gasteiger partial charge in [-0.2, -0.15) is 34.9 Å². The minimum atomic E-state index is -1.24. The number of alkyl carbamates (subject to hydrolysis) is 1. The highest BCUT2D eigenvalue weighted by Crippen LogP contribution is 2.37. The van der Waals surface area contributed by atoms with E-state index in [2.05, 4.69) is 70.0 Å². The van der Waals surface area contributed by atoms with Crippen LogP contribution in [0, 0.1) is 11.3 Å². The summed E-state index contributed by atoms with van der Waals surface area (Å²) in [5.74, 6) is 0.803. The molecule has 0 bridgehead atoms. The maximum absolute atomic E-state index is 13.2. The molecule has 0 unspecified atom stereocenters. The number of rotatable bonds is 14. The molecule has 2 aromatic carbocycles. The molecule has 0 spiro atoms. The van der Waals surface area contributed by atoms with Gasteiger partial charge in [0.15, 0.2) is 0 Å². The molecule has 2 fully saturated rings. The molecule has 0 radical (unpaired) electrons. The second-order valence-electron chi connectivity index (χ2n) is 17.9. The Bertz CT molecular complexity index is 1940. The number of piperazine rings is 1. The molecule has 1 aromatic heterocycles. The fourth-order valence-electron chi connectivity index (χ4n) is 8.03. The minimum absolute atomic E-state index is 0.179. The summed E-state index contributed by atoms with van der Waals surface area (Å²) < 4.78 is 17.6. The van der Waals surface area contributed by atoms with E-state index in [1.165, 1.54) is 0 Å². The first kappa shape index (κ1) is 43.3. The maximum Gasteiger partial charge on any atom is 0.410 e. The van der Waals surface area contributed by atoms with Crippen molar-refractivity contribution in [3.63, 3.8) is 0 Å². The summed E-state index contributed by atoms with van der Waals surface area (Å²) in [6.45, 7) is 18.5. The van der Waals surface area contributed by atoms with Crippen LogP contribution >= 0.6 is 11.6 Å². The third kappa shape index (κ3) is 11.4. The van der Waals surface area contributed by atoms with Crippen LogP contribution in [0.25, 0.3) is 10.8 Å². The van der Waals surface area contributed by atoms with Crippen LogP contribution in [-0.4, -0.2) is 117 Å². The van der Waals surface area contributed by atoms with Crippen LogP contribution in [0.5, 0.6) is 6.01 Å². The number of hydrogen-bond acceptors (Lipinski definition) is 11. The van der Waals surface area contributed by atoms with Crippen LogP contribution in [0.3, 0.4) is 0 Å². The number of halogens is 1. The second kappa shape index (κ2) is 19.2. The van der Waals surface area contributed by atoms with Crippen molar-refractivity contribution in [3.8, 4) is 12.1 Å². The van der Waals surface area contributed by atoms with Gasteiger partial charge in [-0.25, -0.2) is 9.59 Å². The average molecular weight is 834 g/mol. The number of ether oxygens (including phenoxy) is 3. The van der Waals surface area contributed by atoms with Crippen molar-refractivity contribution >= 4 is 54.1 Å². The van der Waals surface area contributed by atoms with Crippen molar-refractivity contribution < 1.29 is 23.8 Å². The first-order valence-electron chi connectivity index (χ1n) is 20.9. The number of nitriles is 1. The first-order chi connectivity index (χ1) is 27.7. The number of benzene rings is 2. The zero-order valence-electron chi connectivity index (χ0n) is 35.2. The van der Waals surface area contributed by atoms with Crippen LogP contribution in [0.15, 0.2) is 36.4 Å². The Morgan fingerprint density at radius 1 is 1.02 bits per heavy atom. The van der Waals surface area contributed by atoms with Crippen LogP contribution in [-0.2, 0) is 22.4 Å². The molecule has 3 aliphatic heterocycles. The van der Waals surface area contributed by atoms with Gasteiger partial charge in [0, 0.05) is 55.4 Å². The van der Waals surface area contributed by atoms with Gasteiger partial charge in [0.25, 0.3) is 0 Å². The van der Waals surface area contributed by atoms with Gasteiger partial charge in [-0.1, -0.05) is 35.9 Å². The Balaban J connectivity index is 1.16. The van der Waals surface area contributed by atoms with Crippen molar-refractivity contribution in [2.75, 3.05) is 68.8 Å². The molecule has 0 aliphatic carbocycles. The minimum Gasteiger partial charge on any atom is -0.462 e. The molecule has 2 saturated heterocycles. The van der Waals surface area contributed by atoms with Gasteiger partial charge in [-0.15, -0.1) is 14.1 Å². The molecule has 0 saturated carbocycles. The summed E-state index contributed by atoms with van der Waals surface area (Å²) in [6, 6.07) is 15.7. The lowest BCUT2D eigenvalue weighted by Crippen LogP contribution is -2.56. The number of nitrogens with one attached hydrogen (secondary N) is 1. The number of unbranched alkanes of at least 4 members (excludes halogenated alkanes) is 1. The Morgan fingerprint density at radius 3 is 2.57 bits per heavy atom. The topological polar surface area (TPSA) is 136 Å². The number of carbonyl (C=O) groups is 2. The average Bonchev–Trinajstić information content (AvgIpc) is 3.62. The molecule has 58 heavy (non-hydrogen) atoms. The molecular weight excluding hydrogens is 772 g/mol. The van der Waals surface area contributed by atoms with Crippen molar-refractivity contribution in [2.45, 2.75) is 109 Å². The van der Waals surface area contributed by atoms with Gasteiger partial charge in [-0.3, -0.25) is 4.90 Å². The molecular formula is C43H61ClN8O5Si-. The van der Waals surface area contributed by atoms with E-state index < -0.39 is 19.8 Å². The Labute approximate surface area is 350 Å². The number of nitrogens with zero attached hydrogens (tertiary/aromatic N) is 7. The summed E-state index contributed by atoms with van der Waals surface area (Å²) in [7, 11) is -1.24. The Hall–Kier alpha value is -4.32. The quantitative estimate of drug-likeness (QED) is 0.126. The van der Waals surface area contributed by atoms with Gasteiger partial charge in [0.1, 0.15) is 18.0 Å². The number of anilines is 2. The molecule has 13 nitrogen and oxygen atoms in total. The van der Waals surface area contributed by atoms with E-state index in [9.17, 15) is 14.9 Å². The zero-order chi connectivity index (χ0) is 41.5. The highest BCUT2D eigenvalue weighted by molar-refractivity contribution is 6.76. The van der Waals surface area contributed by atoms with Gasteiger partial charge >= 0.3 is 18.2 Å². The fourth-order valence-corrected chi connectivity index (χ4v) is 9.02. The molecule has 3 aromatic rings. The smallest absolute Gasteiger partial charge is 0.410 e. The van der Waals surface area contributed by atoms with Gasteiger partial charge in [0.05, 0.1) is 42.4 Å². The van der Waals surface area contributed by atoms with Crippen LogP contribution in [0.2, 0.25) is 30.7 Å². The standard InChI is InChI=1S/C43H61ClN8O5Si/c1-43(2,3)57-42(54)52-25-24-51(28-32(52)17-19-45)39-34-18-23-50(37-16-10-13-31-12-9-15-35(44)38(31)37)29-36(34)47-40(48-39)56-30-33-14-11-22-49(33)21-8-7-20-46-41(53)55-26-27-58(4,5)6/h9-10,12-13,15-16,32-33H,7-8,11,14,17-18,20-30H2,1-6H3,(H,46,53)/q-1/t32-,33-/m0/s1. The Morgan fingerprint density at radius 2 is 1.81 bits per heavy atom. The summed E-state index contributed by atoms with van der Waals surface area (Å²) in [5, 5.41) is 15.5. The lowest BCUT2D eigenvalue weighted by atomic mass is 10.0. The predicted molar refractivity (Wildman–Crippen MR) is 232 cm³/mol.